The minimum Gasteiger partial charge on any atom is -0.310 e. The molecule has 0 bridgehead atoms. The number of benzene rings is 14. The lowest BCUT2D eigenvalue weighted by Crippen LogP contribution is -2.17. The van der Waals surface area contributed by atoms with Crippen LogP contribution in [0.1, 0.15) is 55.6 Å². The largest absolute Gasteiger partial charge is 0.310 e. The second-order valence-electron chi connectivity index (χ2n) is 25.0. The zero-order valence-corrected chi connectivity index (χ0v) is 53.2. The van der Waals surface area contributed by atoms with Crippen molar-refractivity contribution < 1.29 is 0 Å². The first-order valence-corrected chi connectivity index (χ1v) is 31.5. The number of hydrogen-bond acceptors (Lipinski definition) is 4. The van der Waals surface area contributed by atoms with Crippen molar-refractivity contribution >= 4 is 101 Å². The second kappa shape index (κ2) is 23.4. The molecule has 14 aromatic carbocycles. The normalized spacial score (nSPS) is 11.4. The van der Waals surface area contributed by atoms with Crippen molar-refractivity contribution in [2.24, 2.45) is 0 Å². The van der Waals surface area contributed by atoms with Gasteiger partial charge in [-0.1, -0.05) is 201 Å². The Hall–Kier alpha value is -10.7. The third kappa shape index (κ3) is 10.7. The van der Waals surface area contributed by atoms with Crippen molar-refractivity contribution in [3.8, 4) is 22.3 Å². The number of rotatable bonds is 14. The van der Waals surface area contributed by atoms with Gasteiger partial charge < -0.3 is 19.6 Å². The molecule has 0 N–H and O–H groups in total. The van der Waals surface area contributed by atoms with E-state index < -0.39 is 0 Å². The van der Waals surface area contributed by atoms with Crippen LogP contribution in [-0.2, 0) is 0 Å². The molecule has 14 aromatic rings. The molecular weight excluding hydrogens is 1090 g/mol. The van der Waals surface area contributed by atoms with E-state index in [4.69, 9.17) is 0 Å². The molecule has 4 heteroatoms. The van der Waals surface area contributed by atoms with Gasteiger partial charge in [0.1, 0.15) is 0 Å². The number of anilines is 12. The number of nitrogens with zero attached hydrogens (tertiary/aromatic N) is 4. The monoisotopic (exact) mass is 1160 g/mol. The Morgan fingerprint density at radius 1 is 0.167 bits per heavy atom. The van der Waals surface area contributed by atoms with Gasteiger partial charge in [0.2, 0.25) is 0 Å². The van der Waals surface area contributed by atoms with Crippen LogP contribution in [0.3, 0.4) is 0 Å². The van der Waals surface area contributed by atoms with Crippen molar-refractivity contribution in [1.82, 2.24) is 0 Å². The SMILES string of the molecule is Cc1ccc(-c2cc3c(N(c4ccc(C)cc4)c4ccc(C)cc4)cc(N(c4ccc(C)cc4)c4ccc(C)cc4)c4c(-c5ccc(C)cc5)cc5c(N(c6ccc(C)cc6)c6ccc(C)cc6)cc(N(c6ccc(C)cc6)c6ccc(C)cc6)c2c5c34)cc1. The van der Waals surface area contributed by atoms with E-state index in [-0.39, 0.29) is 0 Å². The van der Waals surface area contributed by atoms with Gasteiger partial charge in [-0.25, -0.2) is 0 Å². The van der Waals surface area contributed by atoms with Crippen molar-refractivity contribution in [1.29, 1.82) is 0 Å². The summed E-state index contributed by atoms with van der Waals surface area (Å²) in [5.41, 5.74) is 29.3. The van der Waals surface area contributed by atoms with Crippen LogP contribution in [0.2, 0.25) is 0 Å². The Labute approximate surface area is 531 Å². The van der Waals surface area contributed by atoms with Crippen LogP contribution in [0.15, 0.2) is 267 Å². The molecule has 0 aliphatic carbocycles. The Bertz CT molecular complexity index is 4400. The highest BCUT2D eigenvalue weighted by molar-refractivity contribution is 6.38. The first-order chi connectivity index (χ1) is 43.7. The molecule has 0 aromatic heterocycles. The molecule has 0 fully saturated rings. The first kappa shape index (κ1) is 57.1. The van der Waals surface area contributed by atoms with E-state index in [1.807, 2.05) is 0 Å². The number of hydrogen-bond donors (Lipinski definition) is 0. The fraction of sp³-hybridized carbons (Fsp3) is 0.116. The second-order valence-corrected chi connectivity index (χ2v) is 25.0. The van der Waals surface area contributed by atoms with Gasteiger partial charge in [-0.15, -0.1) is 0 Å². The van der Waals surface area contributed by atoms with Crippen molar-refractivity contribution in [2.45, 2.75) is 69.2 Å². The third-order valence-electron chi connectivity index (χ3n) is 18.0. The summed E-state index contributed by atoms with van der Waals surface area (Å²) in [6.45, 7) is 21.8. The van der Waals surface area contributed by atoms with Gasteiger partial charge in [0.25, 0.3) is 0 Å². The van der Waals surface area contributed by atoms with E-state index in [9.17, 15) is 0 Å². The summed E-state index contributed by atoms with van der Waals surface area (Å²) < 4.78 is 0. The molecule has 0 amide bonds. The predicted molar refractivity (Wildman–Crippen MR) is 387 cm³/mol. The maximum Gasteiger partial charge on any atom is 0.0567 e. The molecule has 0 saturated carbocycles. The quantitative estimate of drug-likeness (QED) is 0.101. The minimum atomic E-state index is 1.06. The van der Waals surface area contributed by atoms with Gasteiger partial charge in [-0.3, -0.25) is 0 Å². The van der Waals surface area contributed by atoms with Crippen molar-refractivity contribution in [3.63, 3.8) is 0 Å². The zero-order chi connectivity index (χ0) is 61.9. The van der Waals surface area contributed by atoms with E-state index in [2.05, 4.69) is 356 Å². The van der Waals surface area contributed by atoms with Gasteiger partial charge in [0.15, 0.2) is 0 Å². The summed E-state index contributed by atoms with van der Waals surface area (Å²) in [5, 5.41) is 6.88. The Kier molecular flexibility index (Phi) is 14.9. The highest BCUT2D eigenvalue weighted by atomic mass is 15.2. The van der Waals surface area contributed by atoms with Crippen LogP contribution in [0, 0.1) is 69.2 Å². The lowest BCUT2D eigenvalue weighted by Gasteiger charge is -2.36. The molecule has 438 valence electrons. The third-order valence-corrected chi connectivity index (χ3v) is 18.0. The molecule has 14 rings (SSSR count). The van der Waals surface area contributed by atoms with Crippen LogP contribution >= 0.6 is 0 Å². The average Bonchev–Trinajstić information content (AvgIpc) is 0.921. The molecule has 0 radical (unpaired) electrons. The molecule has 0 heterocycles. The van der Waals surface area contributed by atoms with Crippen molar-refractivity contribution in [2.75, 3.05) is 19.6 Å². The highest BCUT2D eigenvalue weighted by Crippen LogP contribution is 2.59. The van der Waals surface area contributed by atoms with Gasteiger partial charge >= 0.3 is 0 Å². The Morgan fingerprint density at radius 2 is 0.333 bits per heavy atom. The topological polar surface area (TPSA) is 13.0 Å². The molecule has 0 aliphatic heterocycles. The lowest BCUT2D eigenvalue weighted by molar-refractivity contribution is 1.25. The van der Waals surface area contributed by atoms with E-state index in [0.717, 1.165) is 112 Å². The minimum absolute atomic E-state index is 1.06. The molecule has 0 unspecified atom stereocenters. The van der Waals surface area contributed by atoms with Gasteiger partial charge in [-0.05, 0) is 213 Å². The summed E-state index contributed by atoms with van der Waals surface area (Å²) in [6, 6.07) is 101. The fourth-order valence-electron chi connectivity index (χ4n) is 13.0. The molecule has 0 spiro atoms. The Morgan fingerprint density at radius 3 is 0.522 bits per heavy atom. The maximum atomic E-state index is 2.55. The lowest BCUT2D eigenvalue weighted by atomic mass is 9.82. The predicted octanol–water partition coefficient (Wildman–Crippen LogP) is 24.9. The summed E-state index contributed by atoms with van der Waals surface area (Å²) in [4.78, 5) is 10.1. The standard InChI is InChI=1S/C86H74N4/c1-55-11-31-65(32-12-55)75-51-77-79(87(67-35-15-57(3)16-36-67)68-37-17-58(4)18-38-68)54-82(90(73-47-27-63(9)28-48-73)74-49-29-64(10)30-50-74)84-76(66-33-13-56(2)14-34-66)52-78-80(88(69-39-19-59(5)20-40-69)70-41-21-60(6)22-42-70)53-81(83(75)85(78)86(77)84)89(71-43-23-61(7)24-44-71)72-45-25-62(8)26-46-72/h11-54H,1-10H3. The van der Waals surface area contributed by atoms with Gasteiger partial charge in [-0.2, -0.15) is 0 Å². The summed E-state index contributed by atoms with van der Waals surface area (Å²) >= 11 is 0. The van der Waals surface area contributed by atoms with Gasteiger partial charge in [0.05, 0.1) is 22.7 Å². The van der Waals surface area contributed by atoms with Crippen LogP contribution in [0.4, 0.5) is 68.2 Å². The average molecular weight is 1160 g/mol. The van der Waals surface area contributed by atoms with E-state index in [0.29, 0.717) is 0 Å². The number of aryl methyl sites for hydroxylation is 10. The van der Waals surface area contributed by atoms with Crippen molar-refractivity contribution in [3.05, 3.63) is 323 Å². The van der Waals surface area contributed by atoms with E-state index >= 15 is 0 Å². The zero-order valence-electron chi connectivity index (χ0n) is 53.2. The molecule has 4 nitrogen and oxygen atoms in total. The fourth-order valence-corrected chi connectivity index (χ4v) is 13.0. The molecule has 0 saturated heterocycles. The van der Waals surface area contributed by atoms with Crippen LogP contribution < -0.4 is 19.6 Å². The molecule has 0 aliphatic rings. The molecular formula is C86H74N4. The van der Waals surface area contributed by atoms with E-state index in [1.54, 1.807) is 0 Å². The van der Waals surface area contributed by atoms with Gasteiger partial charge in [0, 0.05) is 77.8 Å². The molecule has 0 atom stereocenters. The van der Waals surface area contributed by atoms with Crippen LogP contribution in [-0.4, -0.2) is 0 Å². The maximum absolute atomic E-state index is 2.55. The van der Waals surface area contributed by atoms with Crippen LogP contribution in [0.5, 0.6) is 0 Å². The van der Waals surface area contributed by atoms with Crippen LogP contribution in [0.25, 0.3) is 54.6 Å². The summed E-state index contributed by atoms with van der Waals surface area (Å²) in [6.07, 6.45) is 0. The summed E-state index contributed by atoms with van der Waals surface area (Å²) in [7, 11) is 0. The highest BCUT2D eigenvalue weighted by Gasteiger charge is 2.33. The smallest absolute Gasteiger partial charge is 0.0567 e. The summed E-state index contributed by atoms with van der Waals surface area (Å²) in [5.74, 6) is 0. The first-order valence-electron chi connectivity index (χ1n) is 31.5. The van der Waals surface area contributed by atoms with E-state index in [1.165, 1.54) is 66.4 Å². The Balaban J connectivity index is 1.30. The molecule has 90 heavy (non-hydrogen) atoms.